The molecular weight excluding hydrogens is 582 g/mol. The minimum Gasteiger partial charge on any atom is -0.493 e. The fraction of sp³-hybridized carbons (Fsp3) is 0.233. The number of carbonyl (C=O) groups excluding carboxylic acids is 3. The van der Waals surface area contributed by atoms with Crippen molar-refractivity contribution >= 4 is 50.9 Å². The van der Waals surface area contributed by atoms with E-state index in [0.29, 0.717) is 21.3 Å². The Bertz CT molecular complexity index is 1440. The van der Waals surface area contributed by atoms with Crippen molar-refractivity contribution in [3.05, 3.63) is 92.3 Å². The predicted molar refractivity (Wildman–Crippen MR) is 156 cm³/mol. The lowest BCUT2D eigenvalue weighted by molar-refractivity contribution is -0.123. The number of carbonyl (C=O) groups is 3. The van der Waals surface area contributed by atoms with Gasteiger partial charge in [-0.15, -0.1) is 0 Å². The van der Waals surface area contributed by atoms with E-state index in [-0.39, 0.29) is 35.0 Å². The average Bonchev–Trinajstić information content (AvgIpc) is 3.17. The van der Waals surface area contributed by atoms with Gasteiger partial charge in [0.05, 0.1) is 28.6 Å². The van der Waals surface area contributed by atoms with Crippen molar-refractivity contribution in [3.63, 3.8) is 0 Å². The van der Waals surface area contributed by atoms with Crippen molar-refractivity contribution < 1.29 is 28.6 Å². The first-order chi connectivity index (χ1) is 18.7. The summed E-state index contributed by atoms with van der Waals surface area (Å²) in [6.07, 6.45) is 1.61. The quantitative estimate of drug-likeness (QED) is 0.144. The maximum Gasteiger partial charge on any atom is 0.343 e. The number of hydrogen-bond acceptors (Lipinski definition) is 7. The van der Waals surface area contributed by atoms with Crippen LogP contribution in [0, 0.1) is 6.92 Å². The van der Waals surface area contributed by atoms with Crippen LogP contribution in [0.4, 0.5) is 4.79 Å². The smallest absolute Gasteiger partial charge is 0.343 e. The zero-order chi connectivity index (χ0) is 28.1. The standard InChI is InChI=1S/C30H28BrNO6S/c1-18(2)22-11-10-19(3)14-24(22)37-13-12-32-28(33)26(39-30(32)35)17-20-15-23(31)27(25(16-20)36-4)38-29(34)21-8-6-5-7-9-21/h5-11,14-18H,12-13H2,1-4H3/b26-17-. The number of imide groups is 1. The molecule has 7 nitrogen and oxygen atoms in total. The molecule has 3 aromatic carbocycles. The molecule has 0 aromatic heterocycles. The summed E-state index contributed by atoms with van der Waals surface area (Å²) in [5.41, 5.74) is 3.15. The van der Waals surface area contributed by atoms with Gasteiger partial charge >= 0.3 is 5.97 Å². The normalized spacial score (nSPS) is 14.3. The third kappa shape index (κ3) is 6.72. The Balaban J connectivity index is 1.47. The summed E-state index contributed by atoms with van der Waals surface area (Å²) in [5.74, 6) is 0.633. The van der Waals surface area contributed by atoms with Crippen molar-refractivity contribution in [1.82, 2.24) is 4.90 Å². The Morgan fingerprint density at radius 2 is 1.79 bits per heavy atom. The lowest BCUT2D eigenvalue weighted by Gasteiger charge is -2.17. The highest BCUT2D eigenvalue weighted by Crippen LogP contribution is 2.39. The van der Waals surface area contributed by atoms with Gasteiger partial charge in [0, 0.05) is 0 Å². The molecule has 0 saturated carbocycles. The topological polar surface area (TPSA) is 82.1 Å². The summed E-state index contributed by atoms with van der Waals surface area (Å²) in [6, 6.07) is 18.0. The summed E-state index contributed by atoms with van der Waals surface area (Å²) in [6.45, 7) is 6.49. The number of thioether (sulfide) groups is 1. The molecule has 1 fully saturated rings. The zero-order valence-corrected chi connectivity index (χ0v) is 24.4. The second-order valence-corrected chi connectivity index (χ2v) is 11.0. The fourth-order valence-corrected chi connectivity index (χ4v) is 5.39. The summed E-state index contributed by atoms with van der Waals surface area (Å²) < 4.78 is 17.4. The SMILES string of the molecule is COc1cc(/C=C2\SC(=O)N(CCOc3cc(C)ccc3C(C)C)C2=O)cc(Br)c1OC(=O)c1ccccc1. The molecule has 0 unspecified atom stereocenters. The first-order valence-corrected chi connectivity index (χ1v) is 13.9. The van der Waals surface area contributed by atoms with Gasteiger partial charge in [-0.3, -0.25) is 14.5 Å². The van der Waals surface area contributed by atoms with Gasteiger partial charge in [-0.25, -0.2) is 4.79 Å². The molecule has 1 aliphatic rings. The molecule has 202 valence electrons. The number of benzene rings is 3. The third-order valence-electron chi connectivity index (χ3n) is 5.99. The molecule has 0 N–H and O–H groups in total. The number of methoxy groups -OCH3 is 1. The number of hydrogen-bond donors (Lipinski definition) is 0. The Morgan fingerprint density at radius 1 is 1.05 bits per heavy atom. The number of nitrogens with zero attached hydrogens (tertiary/aromatic N) is 1. The number of ether oxygens (including phenoxy) is 3. The maximum absolute atomic E-state index is 13.0. The molecular formula is C30H28BrNO6S. The number of amides is 2. The minimum absolute atomic E-state index is 0.134. The lowest BCUT2D eigenvalue weighted by atomic mass is 10.0. The molecule has 39 heavy (non-hydrogen) atoms. The summed E-state index contributed by atoms with van der Waals surface area (Å²) in [5, 5.41) is -0.359. The van der Waals surface area contributed by atoms with E-state index in [1.807, 2.05) is 31.2 Å². The van der Waals surface area contributed by atoms with Gasteiger partial charge < -0.3 is 14.2 Å². The third-order valence-corrected chi connectivity index (χ3v) is 7.49. The highest BCUT2D eigenvalue weighted by atomic mass is 79.9. The second kappa shape index (κ2) is 12.5. The van der Waals surface area contributed by atoms with E-state index in [4.69, 9.17) is 14.2 Å². The molecule has 0 radical (unpaired) electrons. The molecule has 2 amide bonds. The van der Waals surface area contributed by atoms with E-state index in [1.165, 1.54) is 12.0 Å². The molecule has 4 rings (SSSR count). The monoisotopic (exact) mass is 609 g/mol. The van der Waals surface area contributed by atoms with Crippen LogP contribution in [0.1, 0.15) is 46.8 Å². The first kappa shape index (κ1) is 28.4. The van der Waals surface area contributed by atoms with Crippen LogP contribution in [0.5, 0.6) is 17.2 Å². The first-order valence-electron chi connectivity index (χ1n) is 12.3. The van der Waals surface area contributed by atoms with E-state index < -0.39 is 11.9 Å². The number of halogens is 1. The van der Waals surface area contributed by atoms with Crippen molar-refractivity contribution in [2.45, 2.75) is 26.7 Å². The molecule has 3 aromatic rings. The Morgan fingerprint density at radius 3 is 2.49 bits per heavy atom. The van der Waals surface area contributed by atoms with Crippen molar-refractivity contribution in [3.8, 4) is 17.2 Å². The average molecular weight is 611 g/mol. The van der Waals surface area contributed by atoms with Crippen molar-refractivity contribution in [2.24, 2.45) is 0 Å². The lowest BCUT2D eigenvalue weighted by Crippen LogP contribution is -2.32. The summed E-state index contributed by atoms with van der Waals surface area (Å²) in [4.78, 5) is 39.7. The van der Waals surface area contributed by atoms with E-state index in [0.717, 1.165) is 28.6 Å². The summed E-state index contributed by atoms with van der Waals surface area (Å²) >= 11 is 4.30. The van der Waals surface area contributed by atoms with Crippen LogP contribution in [-0.2, 0) is 4.79 Å². The molecule has 0 bridgehead atoms. The number of esters is 1. The minimum atomic E-state index is -0.531. The molecule has 0 atom stereocenters. The van der Waals surface area contributed by atoms with Crippen LogP contribution < -0.4 is 14.2 Å². The van der Waals surface area contributed by atoms with Gasteiger partial charge in [0.2, 0.25) is 0 Å². The van der Waals surface area contributed by atoms with Crippen molar-refractivity contribution in [1.29, 1.82) is 0 Å². The van der Waals surface area contributed by atoms with Gasteiger partial charge in [-0.05, 0) is 93.6 Å². The van der Waals surface area contributed by atoms with E-state index in [1.54, 1.807) is 42.5 Å². The highest BCUT2D eigenvalue weighted by molar-refractivity contribution is 9.10. The van der Waals surface area contributed by atoms with E-state index in [9.17, 15) is 14.4 Å². The maximum atomic E-state index is 13.0. The Hall–Kier alpha value is -3.56. The van der Waals surface area contributed by atoms with E-state index >= 15 is 0 Å². The molecule has 9 heteroatoms. The van der Waals surface area contributed by atoms with Gasteiger partial charge in [-0.2, -0.15) is 0 Å². The predicted octanol–water partition coefficient (Wildman–Crippen LogP) is 7.22. The Kier molecular flexibility index (Phi) is 9.14. The summed E-state index contributed by atoms with van der Waals surface area (Å²) in [7, 11) is 1.46. The highest BCUT2D eigenvalue weighted by Gasteiger charge is 2.35. The van der Waals surface area contributed by atoms with Gasteiger partial charge in [0.15, 0.2) is 11.5 Å². The second-order valence-electron chi connectivity index (χ2n) is 9.17. The van der Waals surface area contributed by atoms with Crippen LogP contribution in [0.3, 0.4) is 0 Å². The molecule has 1 heterocycles. The number of aryl methyl sites for hydroxylation is 1. The zero-order valence-electron chi connectivity index (χ0n) is 22.0. The molecule has 0 spiro atoms. The van der Waals surface area contributed by atoms with Gasteiger partial charge in [0.25, 0.3) is 11.1 Å². The number of rotatable bonds is 9. The van der Waals surface area contributed by atoms with Crippen LogP contribution >= 0.6 is 27.7 Å². The van der Waals surface area contributed by atoms with Crippen LogP contribution in [0.2, 0.25) is 0 Å². The van der Waals surface area contributed by atoms with Gasteiger partial charge in [-0.1, -0.05) is 44.2 Å². The molecule has 1 aliphatic heterocycles. The fourth-order valence-electron chi connectivity index (χ4n) is 3.98. The van der Waals surface area contributed by atoms with Crippen LogP contribution in [0.15, 0.2) is 70.0 Å². The Labute approximate surface area is 240 Å². The van der Waals surface area contributed by atoms with Crippen molar-refractivity contribution in [2.75, 3.05) is 20.3 Å². The van der Waals surface area contributed by atoms with Crippen LogP contribution in [-0.4, -0.2) is 42.3 Å². The van der Waals surface area contributed by atoms with Gasteiger partial charge in [0.1, 0.15) is 12.4 Å². The molecule has 0 aliphatic carbocycles. The largest absolute Gasteiger partial charge is 0.493 e. The van der Waals surface area contributed by atoms with Crippen LogP contribution in [0.25, 0.3) is 6.08 Å². The molecule has 1 saturated heterocycles. The van der Waals surface area contributed by atoms with E-state index in [2.05, 4.69) is 29.8 Å².